The van der Waals surface area contributed by atoms with Crippen LogP contribution >= 0.6 is 15.9 Å². The van der Waals surface area contributed by atoms with E-state index in [4.69, 9.17) is 5.73 Å². The SMILES string of the molecule is CCC(C)[C@H](N)c1ccc(C)cc1Br. The number of benzene rings is 1. The maximum atomic E-state index is 6.17. The summed E-state index contributed by atoms with van der Waals surface area (Å²) in [4.78, 5) is 0. The molecule has 1 rings (SSSR count). The van der Waals surface area contributed by atoms with E-state index in [-0.39, 0.29) is 6.04 Å². The summed E-state index contributed by atoms with van der Waals surface area (Å²) >= 11 is 3.57. The lowest BCUT2D eigenvalue weighted by Gasteiger charge is -2.20. The second-order valence-electron chi connectivity index (χ2n) is 3.94. The highest BCUT2D eigenvalue weighted by molar-refractivity contribution is 9.10. The number of rotatable bonds is 3. The molecule has 0 bridgehead atoms. The van der Waals surface area contributed by atoms with Crippen LogP contribution in [0.5, 0.6) is 0 Å². The number of hydrogen-bond donors (Lipinski definition) is 1. The van der Waals surface area contributed by atoms with Crippen molar-refractivity contribution < 1.29 is 0 Å². The topological polar surface area (TPSA) is 26.0 Å². The fourth-order valence-corrected chi connectivity index (χ4v) is 2.22. The third kappa shape index (κ3) is 2.58. The minimum atomic E-state index is 0.134. The smallest absolute Gasteiger partial charge is 0.0332 e. The van der Waals surface area contributed by atoms with E-state index in [1.54, 1.807) is 0 Å². The maximum Gasteiger partial charge on any atom is 0.0332 e. The van der Waals surface area contributed by atoms with E-state index >= 15 is 0 Å². The Balaban J connectivity index is 2.95. The van der Waals surface area contributed by atoms with Gasteiger partial charge >= 0.3 is 0 Å². The molecule has 2 heteroatoms. The van der Waals surface area contributed by atoms with Crippen LogP contribution in [0.2, 0.25) is 0 Å². The van der Waals surface area contributed by atoms with Gasteiger partial charge in [0.25, 0.3) is 0 Å². The molecule has 0 radical (unpaired) electrons. The fourth-order valence-electron chi connectivity index (χ4n) is 1.46. The highest BCUT2D eigenvalue weighted by Gasteiger charge is 2.15. The van der Waals surface area contributed by atoms with E-state index in [0.717, 1.165) is 10.9 Å². The average Bonchev–Trinajstić information content (AvgIpc) is 2.15. The van der Waals surface area contributed by atoms with Gasteiger partial charge in [0.15, 0.2) is 0 Å². The first-order valence-electron chi connectivity index (χ1n) is 5.08. The molecule has 0 aromatic heterocycles. The van der Waals surface area contributed by atoms with Crippen LogP contribution in [0.25, 0.3) is 0 Å². The summed E-state index contributed by atoms with van der Waals surface area (Å²) in [5.41, 5.74) is 8.64. The zero-order valence-electron chi connectivity index (χ0n) is 9.05. The van der Waals surface area contributed by atoms with Crippen molar-refractivity contribution in [3.8, 4) is 0 Å². The molecule has 2 atom stereocenters. The van der Waals surface area contributed by atoms with Gasteiger partial charge in [-0.2, -0.15) is 0 Å². The Morgan fingerprint density at radius 3 is 2.57 bits per heavy atom. The first kappa shape index (κ1) is 11.7. The van der Waals surface area contributed by atoms with Crippen LogP contribution in [-0.4, -0.2) is 0 Å². The van der Waals surface area contributed by atoms with Crippen LogP contribution in [0.15, 0.2) is 22.7 Å². The molecule has 0 spiro atoms. The third-order valence-electron chi connectivity index (χ3n) is 2.77. The lowest BCUT2D eigenvalue weighted by Crippen LogP contribution is -2.18. The van der Waals surface area contributed by atoms with Crippen molar-refractivity contribution in [3.63, 3.8) is 0 Å². The minimum Gasteiger partial charge on any atom is -0.324 e. The van der Waals surface area contributed by atoms with Crippen LogP contribution in [0.4, 0.5) is 0 Å². The molecule has 0 aliphatic rings. The normalized spacial score (nSPS) is 15.2. The van der Waals surface area contributed by atoms with Gasteiger partial charge in [0.05, 0.1) is 0 Å². The number of hydrogen-bond acceptors (Lipinski definition) is 1. The third-order valence-corrected chi connectivity index (χ3v) is 3.46. The molecular formula is C12H18BrN. The second kappa shape index (κ2) is 4.94. The van der Waals surface area contributed by atoms with E-state index in [2.05, 4.69) is 54.9 Å². The molecule has 0 aliphatic heterocycles. The largest absolute Gasteiger partial charge is 0.324 e. The van der Waals surface area contributed by atoms with Crippen LogP contribution in [0.3, 0.4) is 0 Å². The monoisotopic (exact) mass is 255 g/mol. The molecule has 1 nitrogen and oxygen atoms in total. The van der Waals surface area contributed by atoms with E-state index in [0.29, 0.717) is 5.92 Å². The molecule has 1 aromatic carbocycles. The first-order valence-corrected chi connectivity index (χ1v) is 5.87. The lowest BCUT2D eigenvalue weighted by molar-refractivity contribution is 0.455. The standard InChI is InChI=1S/C12H18BrN/c1-4-9(3)12(14)10-6-5-8(2)7-11(10)13/h5-7,9,12H,4,14H2,1-3H3/t9?,12-/m0/s1. The van der Waals surface area contributed by atoms with Crippen LogP contribution in [0.1, 0.15) is 37.4 Å². The van der Waals surface area contributed by atoms with Crippen molar-refractivity contribution in [1.82, 2.24) is 0 Å². The molecular weight excluding hydrogens is 238 g/mol. The Hall–Kier alpha value is -0.340. The van der Waals surface area contributed by atoms with Gasteiger partial charge in [0.2, 0.25) is 0 Å². The van der Waals surface area contributed by atoms with Gasteiger partial charge in [-0.25, -0.2) is 0 Å². The molecule has 14 heavy (non-hydrogen) atoms. The highest BCUT2D eigenvalue weighted by Crippen LogP contribution is 2.28. The quantitative estimate of drug-likeness (QED) is 0.874. The van der Waals surface area contributed by atoms with Crippen molar-refractivity contribution in [2.75, 3.05) is 0 Å². The highest BCUT2D eigenvalue weighted by atomic mass is 79.9. The van der Waals surface area contributed by atoms with Crippen LogP contribution < -0.4 is 5.73 Å². The molecule has 1 aromatic rings. The van der Waals surface area contributed by atoms with Gasteiger partial charge < -0.3 is 5.73 Å². The molecule has 0 amide bonds. The molecule has 0 saturated heterocycles. The van der Waals surface area contributed by atoms with Crippen molar-refractivity contribution in [2.45, 2.75) is 33.2 Å². The van der Waals surface area contributed by atoms with E-state index < -0.39 is 0 Å². The Bertz CT molecular complexity index is 309. The van der Waals surface area contributed by atoms with Gasteiger partial charge in [0, 0.05) is 10.5 Å². The molecule has 1 unspecified atom stereocenters. The van der Waals surface area contributed by atoms with Crippen molar-refractivity contribution in [2.24, 2.45) is 11.7 Å². The zero-order chi connectivity index (χ0) is 10.7. The second-order valence-corrected chi connectivity index (χ2v) is 4.79. The summed E-state index contributed by atoms with van der Waals surface area (Å²) in [6.45, 7) is 6.45. The van der Waals surface area contributed by atoms with Crippen molar-refractivity contribution in [3.05, 3.63) is 33.8 Å². The summed E-state index contributed by atoms with van der Waals surface area (Å²) in [5, 5.41) is 0. The molecule has 0 heterocycles. The Labute approximate surface area is 94.8 Å². The van der Waals surface area contributed by atoms with Gasteiger partial charge in [-0.1, -0.05) is 48.3 Å². The zero-order valence-corrected chi connectivity index (χ0v) is 10.6. The fraction of sp³-hybridized carbons (Fsp3) is 0.500. The first-order chi connectivity index (χ1) is 6.56. The van der Waals surface area contributed by atoms with Crippen molar-refractivity contribution >= 4 is 15.9 Å². The molecule has 0 saturated carbocycles. The Kier molecular flexibility index (Phi) is 4.14. The summed E-state index contributed by atoms with van der Waals surface area (Å²) in [6, 6.07) is 6.49. The molecule has 2 N–H and O–H groups in total. The van der Waals surface area contributed by atoms with Crippen LogP contribution in [0, 0.1) is 12.8 Å². The Morgan fingerprint density at radius 1 is 1.43 bits per heavy atom. The molecule has 0 aliphatic carbocycles. The van der Waals surface area contributed by atoms with E-state index in [1.807, 2.05) is 0 Å². The van der Waals surface area contributed by atoms with Gasteiger partial charge in [-0.05, 0) is 30.0 Å². The Morgan fingerprint density at radius 2 is 2.07 bits per heavy atom. The summed E-state index contributed by atoms with van der Waals surface area (Å²) in [7, 11) is 0. The minimum absolute atomic E-state index is 0.134. The number of aryl methyl sites for hydroxylation is 1. The number of nitrogens with two attached hydrogens (primary N) is 1. The summed E-state index contributed by atoms with van der Waals surface area (Å²) < 4.78 is 1.13. The molecule has 0 fully saturated rings. The molecule has 78 valence electrons. The lowest BCUT2D eigenvalue weighted by atomic mass is 9.93. The average molecular weight is 256 g/mol. The predicted octanol–water partition coefficient (Wildman–Crippen LogP) is 3.80. The summed E-state index contributed by atoms with van der Waals surface area (Å²) in [6.07, 6.45) is 1.11. The van der Waals surface area contributed by atoms with Gasteiger partial charge in [-0.3, -0.25) is 0 Å². The number of halogens is 1. The van der Waals surface area contributed by atoms with E-state index in [9.17, 15) is 0 Å². The van der Waals surface area contributed by atoms with E-state index in [1.165, 1.54) is 11.1 Å². The van der Waals surface area contributed by atoms with Gasteiger partial charge in [-0.15, -0.1) is 0 Å². The van der Waals surface area contributed by atoms with Crippen LogP contribution in [-0.2, 0) is 0 Å². The summed E-state index contributed by atoms with van der Waals surface area (Å²) in [5.74, 6) is 0.522. The van der Waals surface area contributed by atoms with Crippen molar-refractivity contribution in [1.29, 1.82) is 0 Å². The maximum absolute atomic E-state index is 6.17. The van der Waals surface area contributed by atoms with Gasteiger partial charge in [0.1, 0.15) is 0 Å². The predicted molar refractivity (Wildman–Crippen MR) is 65.3 cm³/mol.